The van der Waals surface area contributed by atoms with Crippen LogP contribution in [0.2, 0.25) is 0 Å². The van der Waals surface area contributed by atoms with E-state index in [1.165, 1.54) is 5.56 Å². The lowest BCUT2D eigenvalue weighted by molar-refractivity contribution is 0.0917. The average Bonchev–Trinajstić information content (AvgIpc) is 2.92. The van der Waals surface area contributed by atoms with Crippen LogP contribution in [0.1, 0.15) is 49.0 Å². The average molecular weight is 516 g/mol. The number of amides is 1. The predicted octanol–water partition coefficient (Wildman–Crippen LogP) is 5.54. The van der Waals surface area contributed by atoms with Crippen molar-refractivity contribution in [1.82, 2.24) is 10.2 Å². The molecule has 3 aromatic rings. The number of benzene rings is 3. The number of methoxy groups -OCH3 is 1. The lowest BCUT2D eigenvalue weighted by atomic mass is 9.79. The van der Waals surface area contributed by atoms with Gasteiger partial charge in [-0.25, -0.2) is 0 Å². The van der Waals surface area contributed by atoms with E-state index in [-0.39, 0.29) is 29.0 Å². The van der Waals surface area contributed by atoms with Gasteiger partial charge in [-0.3, -0.25) is 9.69 Å². The third kappa shape index (κ3) is 6.87. The van der Waals surface area contributed by atoms with E-state index in [2.05, 4.69) is 72.3 Å². The fourth-order valence-electron chi connectivity index (χ4n) is 5.48. The first-order chi connectivity index (χ1) is 18.3. The predicted molar refractivity (Wildman–Crippen MR) is 154 cm³/mol. The summed E-state index contributed by atoms with van der Waals surface area (Å²) in [7, 11) is 1.72. The highest BCUT2D eigenvalue weighted by Crippen LogP contribution is 2.35. The fraction of sp³-hybridized carbons (Fsp3) is 0.406. The zero-order chi connectivity index (χ0) is 27.1. The van der Waals surface area contributed by atoms with Gasteiger partial charge in [0.2, 0.25) is 0 Å². The molecule has 2 atom stereocenters. The first-order valence-electron chi connectivity index (χ1n) is 13.5. The highest BCUT2D eigenvalue weighted by atomic mass is 16.5. The summed E-state index contributed by atoms with van der Waals surface area (Å²) in [4.78, 5) is 18.0. The Morgan fingerprint density at radius 3 is 2.21 bits per heavy atom. The van der Waals surface area contributed by atoms with Crippen molar-refractivity contribution in [3.05, 3.63) is 90.0 Å². The summed E-state index contributed by atoms with van der Waals surface area (Å²) in [5.74, 6) is 0.753. The minimum absolute atomic E-state index is 0.0000327. The highest BCUT2D eigenvalue weighted by molar-refractivity contribution is 5.96. The largest absolute Gasteiger partial charge is 0.507 e. The molecule has 1 saturated heterocycles. The Morgan fingerprint density at radius 1 is 0.921 bits per heavy atom. The summed E-state index contributed by atoms with van der Waals surface area (Å²) < 4.78 is 5.62. The summed E-state index contributed by atoms with van der Waals surface area (Å²) in [5.41, 5.74) is 2.76. The molecule has 6 nitrogen and oxygen atoms in total. The van der Waals surface area contributed by atoms with Crippen LogP contribution < -0.4 is 15.0 Å². The van der Waals surface area contributed by atoms with Gasteiger partial charge in [-0.05, 0) is 41.7 Å². The molecule has 3 aromatic carbocycles. The van der Waals surface area contributed by atoms with Gasteiger partial charge >= 0.3 is 0 Å². The molecule has 1 amide bonds. The first-order valence-corrected chi connectivity index (χ1v) is 13.5. The number of carbonyl (C=O) groups excluding carboxylic acids is 1. The Morgan fingerprint density at radius 2 is 1.55 bits per heavy atom. The second-order valence-corrected chi connectivity index (χ2v) is 11.3. The Balaban J connectivity index is 1.57. The molecular weight excluding hydrogens is 474 g/mol. The van der Waals surface area contributed by atoms with Gasteiger partial charge in [0.25, 0.3) is 5.91 Å². The lowest BCUT2D eigenvalue weighted by Crippen LogP contribution is -2.54. The van der Waals surface area contributed by atoms with Gasteiger partial charge in [-0.2, -0.15) is 0 Å². The van der Waals surface area contributed by atoms with Crippen molar-refractivity contribution in [3.63, 3.8) is 0 Å². The number of aromatic hydroxyl groups is 1. The molecule has 0 aliphatic carbocycles. The van der Waals surface area contributed by atoms with Crippen molar-refractivity contribution in [2.24, 2.45) is 5.41 Å². The van der Waals surface area contributed by atoms with Gasteiger partial charge in [0.15, 0.2) is 0 Å². The topological polar surface area (TPSA) is 65.0 Å². The van der Waals surface area contributed by atoms with Crippen LogP contribution in [-0.4, -0.2) is 61.8 Å². The Labute approximate surface area is 227 Å². The molecule has 2 N–H and O–H groups in total. The molecular formula is C32H41N3O3. The smallest absolute Gasteiger partial charge is 0.255 e. The molecule has 1 aliphatic rings. The minimum atomic E-state index is -0.250. The number of rotatable bonds is 9. The van der Waals surface area contributed by atoms with E-state index in [4.69, 9.17) is 4.74 Å². The van der Waals surface area contributed by atoms with Crippen molar-refractivity contribution >= 4 is 11.6 Å². The number of nitrogens with one attached hydrogen (secondary N) is 1. The van der Waals surface area contributed by atoms with E-state index >= 15 is 0 Å². The zero-order valence-electron chi connectivity index (χ0n) is 23.1. The van der Waals surface area contributed by atoms with Crippen LogP contribution >= 0.6 is 0 Å². The first kappa shape index (κ1) is 27.5. The van der Waals surface area contributed by atoms with E-state index in [0.717, 1.165) is 44.0 Å². The maximum Gasteiger partial charge on any atom is 0.255 e. The number of hydrogen-bond donors (Lipinski definition) is 2. The van der Waals surface area contributed by atoms with Crippen LogP contribution in [0.25, 0.3) is 0 Å². The number of hydrogen-bond acceptors (Lipinski definition) is 5. The number of piperazine rings is 1. The molecule has 1 heterocycles. The van der Waals surface area contributed by atoms with Crippen LogP contribution in [0.4, 0.5) is 5.69 Å². The normalized spacial score (nSPS) is 16.1. The molecule has 38 heavy (non-hydrogen) atoms. The third-order valence-corrected chi connectivity index (χ3v) is 7.35. The van der Waals surface area contributed by atoms with Crippen LogP contribution in [0.15, 0.2) is 78.9 Å². The molecule has 0 radical (unpaired) electrons. The van der Waals surface area contributed by atoms with Crippen LogP contribution in [0.5, 0.6) is 11.5 Å². The van der Waals surface area contributed by atoms with Crippen molar-refractivity contribution in [2.45, 2.75) is 39.2 Å². The number of anilines is 1. The maximum absolute atomic E-state index is 13.0. The standard InChI is InChI=1S/C32H41N3O3/c1-32(2,3)22-28(35-20-18-34(19-21-35)27-15-9-11-17-30(27)38-4)26(24-12-6-5-7-13-24)23-33-31(37)25-14-8-10-16-29(25)36/h5-17,26,28,36H,18-23H2,1-4H3,(H,33,37). The Bertz CT molecular complexity index is 1180. The monoisotopic (exact) mass is 515 g/mol. The molecule has 0 saturated carbocycles. The van der Waals surface area contributed by atoms with Gasteiger partial charge in [-0.1, -0.05) is 75.4 Å². The van der Waals surface area contributed by atoms with Crippen LogP contribution in [-0.2, 0) is 0 Å². The third-order valence-electron chi connectivity index (χ3n) is 7.35. The van der Waals surface area contributed by atoms with Gasteiger partial charge in [0, 0.05) is 44.7 Å². The van der Waals surface area contributed by atoms with Gasteiger partial charge in [0.05, 0.1) is 18.4 Å². The van der Waals surface area contributed by atoms with E-state index in [9.17, 15) is 9.90 Å². The molecule has 1 aliphatic heterocycles. The Kier molecular flexibility index (Phi) is 8.95. The van der Waals surface area contributed by atoms with Crippen molar-refractivity contribution in [3.8, 4) is 11.5 Å². The molecule has 0 spiro atoms. The van der Waals surface area contributed by atoms with E-state index in [0.29, 0.717) is 12.1 Å². The Hall–Kier alpha value is -3.51. The summed E-state index contributed by atoms with van der Waals surface area (Å²) >= 11 is 0. The maximum atomic E-state index is 13.0. The number of nitrogens with zero attached hydrogens (tertiary/aromatic N) is 2. The minimum Gasteiger partial charge on any atom is -0.507 e. The zero-order valence-corrected chi connectivity index (χ0v) is 23.1. The van der Waals surface area contributed by atoms with E-state index < -0.39 is 0 Å². The fourth-order valence-corrected chi connectivity index (χ4v) is 5.48. The van der Waals surface area contributed by atoms with E-state index in [1.54, 1.807) is 31.4 Å². The van der Waals surface area contributed by atoms with Gasteiger partial charge in [-0.15, -0.1) is 0 Å². The summed E-state index contributed by atoms with van der Waals surface area (Å²) in [6.45, 7) is 11.0. The SMILES string of the molecule is COc1ccccc1N1CCN(C(CC(C)(C)C)C(CNC(=O)c2ccccc2O)c2ccccc2)CC1. The number of carbonyl (C=O) groups is 1. The number of phenols is 1. The molecule has 1 fully saturated rings. The molecule has 202 valence electrons. The van der Waals surface area contributed by atoms with Crippen molar-refractivity contribution in [2.75, 3.05) is 44.7 Å². The number of ether oxygens (including phenoxy) is 1. The summed E-state index contributed by atoms with van der Waals surface area (Å²) in [5, 5.41) is 13.3. The van der Waals surface area contributed by atoms with E-state index in [1.807, 2.05) is 18.2 Å². The van der Waals surface area contributed by atoms with Crippen LogP contribution in [0.3, 0.4) is 0 Å². The number of phenolic OH excluding ortho intramolecular Hbond substituents is 1. The molecule has 2 unspecified atom stereocenters. The molecule has 0 aromatic heterocycles. The molecule has 4 rings (SSSR count). The lowest BCUT2D eigenvalue weighted by Gasteiger charge is -2.45. The number of para-hydroxylation sites is 3. The highest BCUT2D eigenvalue weighted by Gasteiger charge is 2.34. The molecule has 0 bridgehead atoms. The molecule has 6 heteroatoms. The quantitative estimate of drug-likeness (QED) is 0.392. The van der Waals surface area contributed by atoms with Gasteiger partial charge < -0.3 is 20.1 Å². The second-order valence-electron chi connectivity index (χ2n) is 11.3. The van der Waals surface area contributed by atoms with Crippen molar-refractivity contribution in [1.29, 1.82) is 0 Å². The van der Waals surface area contributed by atoms with Crippen molar-refractivity contribution < 1.29 is 14.6 Å². The summed E-state index contributed by atoms with van der Waals surface area (Å²) in [6, 6.07) is 25.7. The van der Waals surface area contributed by atoms with Crippen LogP contribution in [0, 0.1) is 5.41 Å². The second kappa shape index (κ2) is 12.4. The summed E-state index contributed by atoms with van der Waals surface area (Å²) in [6.07, 6.45) is 0.994. The van der Waals surface area contributed by atoms with Gasteiger partial charge in [0.1, 0.15) is 11.5 Å².